The van der Waals surface area contributed by atoms with E-state index in [1.165, 1.54) is 10.8 Å². The van der Waals surface area contributed by atoms with Gasteiger partial charge in [-0.2, -0.15) is 0 Å². The summed E-state index contributed by atoms with van der Waals surface area (Å²) in [5.41, 5.74) is 4.54. The molecule has 0 amide bonds. The molecule has 1 aromatic rings. The molecule has 0 N–H and O–H groups in total. The van der Waals surface area contributed by atoms with Crippen LogP contribution < -0.4 is 0 Å². The van der Waals surface area contributed by atoms with Crippen molar-refractivity contribution in [2.75, 3.05) is 0 Å². The summed E-state index contributed by atoms with van der Waals surface area (Å²) in [5.74, 6) is 0.434. The predicted octanol–water partition coefficient (Wildman–Crippen LogP) is 4.34. The average Bonchev–Trinajstić information content (AvgIpc) is 2.72. The van der Waals surface area contributed by atoms with Gasteiger partial charge in [0.1, 0.15) is 0 Å². The van der Waals surface area contributed by atoms with Crippen molar-refractivity contribution < 1.29 is 0 Å². The SMILES string of the molecule is [CH3][Sn]([CH3])([CH3])[C]1=C([Si])C=CC1C=C=Cc1ccccc1. The number of benzene rings is 1. The fourth-order valence-electron chi connectivity index (χ4n) is 2.41. The molecule has 0 nitrogen and oxygen atoms in total. The van der Waals surface area contributed by atoms with E-state index < -0.39 is 18.4 Å². The molecule has 0 saturated carbocycles. The van der Waals surface area contributed by atoms with Crippen LogP contribution in [-0.4, -0.2) is 28.6 Å². The molecule has 1 unspecified atom stereocenters. The van der Waals surface area contributed by atoms with Crippen LogP contribution >= 0.6 is 0 Å². The van der Waals surface area contributed by atoms with E-state index in [0.717, 1.165) is 0 Å². The summed E-state index contributed by atoms with van der Waals surface area (Å²) >= 11 is -2.04. The summed E-state index contributed by atoms with van der Waals surface area (Å²) in [6.07, 6.45) is 8.70. The average molecular weight is 370 g/mol. The molecule has 2 rings (SSSR count). The van der Waals surface area contributed by atoms with Gasteiger partial charge in [-0.1, -0.05) is 0 Å². The van der Waals surface area contributed by atoms with E-state index in [2.05, 4.69) is 79.4 Å². The van der Waals surface area contributed by atoms with Crippen molar-refractivity contribution in [3.63, 3.8) is 0 Å². The first-order chi connectivity index (χ1) is 8.98. The maximum atomic E-state index is 3.76. The molecule has 1 atom stereocenters. The van der Waals surface area contributed by atoms with Gasteiger partial charge in [0.2, 0.25) is 0 Å². The first-order valence-electron chi connectivity index (χ1n) is 6.60. The molecule has 1 aliphatic carbocycles. The molecule has 0 aromatic heterocycles. The molecule has 0 heterocycles. The zero-order valence-corrected chi connectivity index (χ0v) is 15.6. The Kier molecular flexibility index (Phi) is 4.72. The van der Waals surface area contributed by atoms with Crippen LogP contribution in [-0.2, 0) is 0 Å². The number of allylic oxidation sites excluding steroid dienone is 5. The molecule has 2 heteroatoms. The van der Waals surface area contributed by atoms with Crippen molar-refractivity contribution >= 4 is 34.7 Å². The van der Waals surface area contributed by atoms with E-state index in [9.17, 15) is 0 Å². The molecule has 0 fully saturated rings. The minimum absolute atomic E-state index is 0.434. The van der Waals surface area contributed by atoms with E-state index in [-0.39, 0.29) is 0 Å². The summed E-state index contributed by atoms with van der Waals surface area (Å²) < 4.78 is 1.62. The fraction of sp³-hybridized carbons (Fsp3) is 0.235. The molecule has 1 aliphatic rings. The van der Waals surface area contributed by atoms with Crippen LogP contribution in [0.4, 0.5) is 0 Å². The monoisotopic (exact) mass is 371 g/mol. The van der Waals surface area contributed by atoms with Crippen molar-refractivity contribution in [3.05, 3.63) is 68.6 Å². The molecular weight excluding hydrogens is 351 g/mol. The molecule has 0 aliphatic heterocycles. The van der Waals surface area contributed by atoms with E-state index >= 15 is 0 Å². The Bertz CT molecular complexity index is 567. The topological polar surface area (TPSA) is 0 Å². The normalized spacial score (nSPS) is 18.4. The van der Waals surface area contributed by atoms with Crippen LogP contribution in [0.1, 0.15) is 5.56 Å². The molecule has 0 bridgehead atoms. The zero-order valence-electron chi connectivity index (χ0n) is 11.8. The van der Waals surface area contributed by atoms with Crippen molar-refractivity contribution in [3.8, 4) is 0 Å². The molecular formula is C17H19SiSn. The number of rotatable bonds is 3. The number of hydrogen-bond donors (Lipinski definition) is 0. The summed E-state index contributed by atoms with van der Waals surface area (Å²) in [4.78, 5) is 7.37. The van der Waals surface area contributed by atoms with Gasteiger partial charge in [-0.25, -0.2) is 0 Å². The Morgan fingerprint density at radius 2 is 1.84 bits per heavy atom. The van der Waals surface area contributed by atoms with Crippen LogP contribution in [0.25, 0.3) is 6.08 Å². The second-order valence-electron chi connectivity index (χ2n) is 5.85. The summed E-state index contributed by atoms with van der Waals surface area (Å²) in [6, 6.07) is 10.3. The molecule has 95 valence electrons. The zero-order chi connectivity index (χ0) is 13.9. The molecule has 3 radical (unpaired) electrons. The van der Waals surface area contributed by atoms with Gasteiger partial charge in [-0.3, -0.25) is 0 Å². The molecule has 19 heavy (non-hydrogen) atoms. The first-order valence-corrected chi connectivity index (χ1v) is 17.1. The van der Waals surface area contributed by atoms with Gasteiger partial charge in [-0.15, -0.1) is 0 Å². The van der Waals surface area contributed by atoms with Gasteiger partial charge in [0.25, 0.3) is 0 Å². The Morgan fingerprint density at radius 3 is 2.47 bits per heavy atom. The predicted molar refractivity (Wildman–Crippen MR) is 87.7 cm³/mol. The van der Waals surface area contributed by atoms with Crippen molar-refractivity contribution in [2.24, 2.45) is 5.92 Å². The fourth-order valence-corrected chi connectivity index (χ4v) is 11.1. The van der Waals surface area contributed by atoms with E-state index in [1.54, 1.807) is 3.59 Å². The second kappa shape index (κ2) is 6.12. The third kappa shape index (κ3) is 3.85. The Balaban J connectivity index is 2.21. The van der Waals surface area contributed by atoms with Crippen LogP contribution in [0.15, 0.2) is 63.1 Å². The van der Waals surface area contributed by atoms with Crippen molar-refractivity contribution in [1.29, 1.82) is 0 Å². The Hall–Kier alpha value is -0.764. The van der Waals surface area contributed by atoms with Crippen LogP contribution in [0.5, 0.6) is 0 Å². The molecule has 0 spiro atoms. The van der Waals surface area contributed by atoms with Gasteiger partial charge in [0.15, 0.2) is 0 Å². The van der Waals surface area contributed by atoms with Crippen molar-refractivity contribution in [1.82, 2.24) is 0 Å². The van der Waals surface area contributed by atoms with Crippen molar-refractivity contribution in [2.45, 2.75) is 14.8 Å². The summed E-state index contributed by atoms with van der Waals surface area (Å²) in [5, 5.41) is 1.30. The standard InChI is InChI=1S/C14H10Si.3CH3.Sn/c15-14-10-9-13(11-14)8-4-7-12-5-2-1-3-6-12;;;;/h1-3,5-10,13H;3*1H3;. The van der Waals surface area contributed by atoms with Gasteiger partial charge >= 0.3 is 124 Å². The summed E-state index contributed by atoms with van der Waals surface area (Å²) in [6.45, 7) is 0. The van der Waals surface area contributed by atoms with Crippen LogP contribution in [0.2, 0.25) is 14.8 Å². The Labute approximate surface area is 123 Å². The Morgan fingerprint density at radius 1 is 1.16 bits per heavy atom. The van der Waals surface area contributed by atoms with Gasteiger partial charge in [0, 0.05) is 0 Å². The minimum atomic E-state index is -2.04. The second-order valence-corrected chi connectivity index (χ2v) is 20.8. The van der Waals surface area contributed by atoms with E-state index in [4.69, 9.17) is 0 Å². The third-order valence-electron chi connectivity index (χ3n) is 3.23. The quantitative estimate of drug-likeness (QED) is 0.549. The van der Waals surface area contributed by atoms with Crippen LogP contribution in [0.3, 0.4) is 0 Å². The molecule has 0 saturated heterocycles. The van der Waals surface area contributed by atoms with E-state index in [0.29, 0.717) is 5.92 Å². The summed E-state index contributed by atoms with van der Waals surface area (Å²) in [7, 11) is 3.76. The number of hydrogen-bond acceptors (Lipinski definition) is 0. The van der Waals surface area contributed by atoms with Gasteiger partial charge in [-0.05, 0) is 0 Å². The molecule has 1 aromatic carbocycles. The van der Waals surface area contributed by atoms with E-state index in [1.807, 2.05) is 6.07 Å². The maximum absolute atomic E-state index is 3.76. The van der Waals surface area contributed by atoms with Gasteiger partial charge < -0.3 is 0 Å². The van der Waals surface area contributed by atoms with Crippen LogP contribution in [0, 0.1) is 5.92 Å². The first kappa shape index (κ1) is 14.6. The third-order valence-corrected chi connectivity index (χ3v) is 10.7. The van der Waals surface area contributed by atoms with Gasteiger partial charge in [0.05, 0.1) is 0 Å².